The molecule has 28 heavy (non-hydrogen) atoms. The molecule has 0 fully saturated rings. The summed E-state index contributed by atoms with van der Waals surface area (Å²) < 4.78 is 0. The Hall–Kier alpha value is -3.92. The molecule has 2 aromatic rings. The SMILES string of the molecule is C=CC=CC(C=Cc1ccccc1)=Cc1ccccc1.O=C(O)/C=C\C(=O)O. The second kappa shape index (κ2) is 13.3. The van der Waals surface area contributed by atoms with Crippen LogP contribution in [0, 0.1) is 0 Å². The maximum Gasteiger partial charge on any atom is 0.328 e. The minimum atomic E-state index is -1.26. The van der Waals surface area contributed by atoms with Crippen LogP contribution in [0.25, 0.3) is 12.2 Å². The van der Waals surface area contributed by atoms with Crippen molar-refractivity contribution in [3.05, 3.63) is 120 Å². The van der Waals surface area contributed by atoms with Crippen LogP contribution in [0.3, 0.4) is 0 Å². The van der Waals surface area contributed by atoms with Crippen LogP contribution in [0.4, 0.5) is 0 Å². The molecule has 0 spiro atoms. The van der Waals surface area contributed by atoms with Crippen molar-refractivity contribution >= 4 is 24.1 Å². The summed E-state index contributed by atoms with van der Waals surface area (Å²) in [6.45, 7) is 3.72. The van der Waals surface area contributed by atoms with Crippen LogP contribution in [-0.2, 0) is 9.59 Å². The summed E-state index contributed by atoms with van der Waals surface area (Å²) in [7, 11) is 0. The highest BCUT2D eigenvalue weighted by Gasteiger charge is 1.90. The Kier molecular flexibility index (Phi) is 10.5. The molecule has 4 nitrogen and oxygen atoms in total. The summed E-state index contributed by atoms with van der Waals surface area (Å²) in [6, 6.07) is 20.6. The van der Waals surface area contributed by atoms with Crippen molar-refractivity contribution in [2.75, 3.05) is 0 Å². The smallest absolute Gasteiger partial charge is 0.328 e. The zero-order chi connectivity index (χ0) is 20.6. The number of hydrogen-bond acceptors (Lipinski definition) is 2. The van der Waals surface area contributed by atoms with Crippen LogP contribution in [0.15, 0.2) is 109 Å². The standard InChI is InChI=1S/C20H18.C4H4O4/c1-2-3-10-20(17-19-13-8-5-9-14-19)16-15-18-11-6-4-7-12-18;5-3(6)1-2-4(7)8/h2-17H,1H2;1-2H,(H,5,6)(H,7,8)/b;2-1-. The zero-order valence-electron chi connectivity index (χ0n) is 15.3. The first-order valence-corrected chi connectivity index (χ1v) is 8.44. The van der Waals surface area contributed by atoms with Gasteiger partial charge in [0.05, 0.1) is 0 Å². The van der Waals surface area contributed by atoms with Crippen LogP contribution in [0.5, 0.6) is 0 Å². The van der Waals surface area contributed by atoms with E-state index in [2.05, 4.69) is 55.1 Å². The average Bonchev–Trinajstić information content (AvgIpc) is 2.70. The summed E-state index contributed by atoms with van der Waals surface area (Å²) in [6.07, 6.45) is 13.3. The largest absolute Gasteiger partial charge is 0.478 e. The lowest BCUT2D eigenvalue weighted by atomic mass is 10.1. The van der Waals surface area contributed by atoms with Crippen molar-refractivity contribution in [1.82, 2.24) is 0 Å². The topological polar surface area (TPSA) is 74.6 Å². The van der Waals surface area contributed by atoms with E-state index >= 15 is 0 Å². The van der Waals surface area contributed by atoms with E-state index in [1.54, 1.807) is 6.08 Å². The molecule has 0 aromatic heterocycles. The van der Waals surface area contributed by atoms with Gasteiger partial charge < -0.3 is 10.2 Å². The molecular weight excluding hydrogens is 352 g/mol. The number of aliphatic carboxylic acids is 2. The van der Waals surface area contributed by atoms with Gasteiger partial charge in [0.1, 0.15) is 0 Å². The van der Waals surface area contributed by atoms with Gasteiger partial charge in [-0.25, -0.2) is 9.59 Å². The van der Waals surface area contributed by atoms with E-state index in [1.807, 2.05) is 42.5 Å². The highest BCUT2D eigenvalue weighted by atomic mass is 16.4. The second-order valence-electron chi connectivity index (χ2n) is 5.40. The number of benzene rings is 2. The summed E-state index contributed by atoms with van der Waals surface area (Å²) in [5, 5.41) is 15.6. The molecular formula is C24H22O4. The number of carbonyl (C=O) groups is 2. The Balaban J connectivity index is 0.000000416. The van der Waals surface area contributed by atoms with E-state index < -0.39 is 11.9 Å². The van der Waals surface area contributed by atoms with Gasteiger partial charge in [-0.1, -0.05) is 97.6 Å². The second-order valence-corrected chi connectivity index (χ2v) is 5.40. The third-order valence-corrected chi connectivity index (χ3v) is 3.19. The van der Waals surface area contributed by atoms with E-state index in [1.165, 1.54) is 11.1 Å². The molecule has 0 saturated heterocycles. The third kappa shape index (κ3) is 10.8. The first kappa shape index (κ1) is 22.1. The molecule has 2 aromatic carbocycles. The number of carboxylic acids is 2. The summed E-state index contributed by atoms with van der Waals surface area (Å²) in [5.74, 6) is -2.51. The van der Waals surface area contributed by atoms with Crippen LogP contribution < -0.4 is 0 Å². The van der Waals surface area contributed by atoms with Gasteiger partial charge in [0.15, 0.2) is 0 Å². The first-order chi connectivity index (χ1) is 13.5. The quantitative estimate of drug-likeness (QED) is 0.513. The summed E-state index contributed by atoms with van der Waals surface area (Å²) in [4.78, 5) is 19.1. The summed E-state index contributed by atoms with van der Waals surface area (Å²) >= 11 is 0. The number of hydrogen-bond donors (Lipinski definition) is 2. The van der Waals surface area contributed by atoms with Gasteiger partial charge in [-0.3, -0.25) is 0 Å². The Labute approximate surface area is 164 Å². The van der Waals surface area contributed by atoms with E-state index in [-0.39, 0.29) is 0 Å². The molecule has 2 rings (SSSR count). The molecule has 0 aliphatic heterocycles. The maximum absolute atomic E-state index is 9.55. The predicted octanol–water partition coefficient (Wildman–Crippen LogP) is 5.24. The fraction of sp³-hybridized carbons (Fsp3) is 0. The molecule has 0 saturated carbocycles. The van der Waals surface area contributed by atoms with Crippen LogP contribution in [-0.4, -0.2) is 22.2 Å². The van der Waals surface area contributed by atoms with Crippen LogP contribution in [0.1, 0.15) is 11.1 Å². The van der Waals surface area contributed by atoms with Crippen LogP contribution in [0.2, 0.25) is 0 Å². The number of allylic oxidation sites excluding steroid dienone is 5. The van der Waals surface area contributed by atoms with E-state index in [0.717, 1.165) is 5.57 Å². The molecule has 0 radical (unpaired) electrons. The van der Waals surface area contributed by atoms with Crippen molar-refractivity contribution in [2.45, 2.75) is 0 Å². The Morgan fingerprint density at radius 2 is 1.21 bits per heavy atom. The highest BCUT2D eigenvalue weighted by molar-refractivity contribution is 5.89. The predicted molar refractivity (Wildman–Crippen MR) is 114 cm³/mol. The molecule has 0 amide bonds. The lowest BCUT2D eigenvalue weighted by Gasteiger charge is -1.97. The minimum absolute atomic E-state index is 0.558. The molecule has 4 heteroatoms. The van der Waals surface area contributed by atoms with Gasteiger partial charge in [0.2, 0.25) is 0 Å². The fourth-order valence-electron chi connectivity index (χ4n) is 1.97. The van der Waals surface area contributed by atoms with Crippen molar-refractivity contribution in [3.8, 4) is 0 Å². The Morgan fingerprint density at radius 1 is 0.714 bits per heavy atom. The number of carboxylic acid groups (broad SMARTS) is 2. The Bertz CT molecular complexity index is 857. The van der Waals surface area contributed by atoms with Gasteiger partial charge >= 0.3 is 11.9 Å². The lowest BCUT2D eigenvalue weighted by Crippen LogP contribution is -1.91. The molecule has 0 heterocycles. The van der Waals surface area contributed by atoms with Gasteiger partial charge in [0.25, 0.3) is 0 Å². The monoisotopic (exact) mass is 374 g/mol. The van der Waals surface area contributed by atoms with E-state index in [4.69, 9.17) is 10.2 Å². The molecule has 142 valence electrons. The fourth-order valence-corrected chi connectivity index (χ4v) is 1.97. The van der Waals surface area contributed by atoms with Crippen LogP contribution >= 0.6 is 0 Å². The third-order valence-electron chi connectivity index (χ3n) is 3.19. The van der Waals surface area contributed by atoms with Crippen molar-refractivity contribution in [3.63, 3.8) is 0 Å². The normalized spacial score (nSPS) is 11.4. The van der Waals surface area contributed by atoms with Crippen molar-refractivity contribution < 1.29 is 19.8 Å². The van der Waals surface area contributed by atoms with E-state index in [9.17, 15) is 9.59 Å². The zero-order valence-corrected chi connectivity index (χ0v) is 15.3. The van der Waals surface area contributed by atoms with Gasteiger partial charge in [0, 0.05) is 12.2 Å². The van der Waals surface area contributed by atoms with Gasteiger partial charge in [-0.2, -0.15) is 0 Å². The molecule has 0 aliphatic rings. The molecule has 0 aliphatic carbocycles. The molecule has 0 atom stereocenters. The van der Waals surface area contributed by atoms with Crippen molar-refractivity contribution in [1.29, 1.82) is 0 Å². The van der Waals surface area contributed by atoms with Gasteiger partial charge in [-0.05, 0) is 22.8 Å². The molecule has 2 N–H and O–H groups in total. The maximum atomic E-state index is 9.55. The summed E-state index contributed by atoms with van der Waals surface area (Å²) in [5.41, 5.74) is 3.52. The Morgan fingerprint density at radius 3 is 1.68 bits per heavy atom. The lowest BCUT2D eigenvalue weighted by molar-refractivity contribution is -0.134. The number of rotatable bonds is 7. The first-order valence-electron chi connectivity index (χ1n) is 8.44. The molecule has 0 bridgehead atoms. The highest BCUT2D eigenvalue weighted by Crippen LogP contribution is 2.11. The van der Waals surface area contributed by atoms with Gasteiger partial charge in [-0.15, -0.1) is 0 Å². The van der Waals surface area contributed by atoms with Crippen molar-refractivity contribution in [2.24, 2.45) is 0 Å². The molecule has 0 unspecified atom stereocenters. The minimum Gasteiger partial charge on any atom is -0.478 e. The van der Waals surface area contributed by atoms with E-state index in [0.29, 0.717) is 12.2 Å². The average molecular weight is 374 g/mol.